The van der Waals surface area contributed by atoms with E-state index >= 15 is 0 Å². The van der Waals surface area contributed by atoms with Crippen LogP contribution in [-0.4, -0.2) is 56.1 Å². The first-order valence-corrected chi connectivity index (χ1v) is 9.96. The maximum absolute atomic E-state index is 11.3. The quantitative estimate of drug-likeness (QED) is 0.508. The third-order valence-corrected chi connectivity index (χ3v) is 8.43. The van der Waals surface area contributed by atoms with E-state index in [1.54, 1.807) is 0 Å². The summed E-state index contributed by atoms with van der Waals surface area (Å²) in [5.41, 5.74) is 0.200. The molecule has 5 N–H and O–H groups in total. The minimum atomic E-state index is -1.38. The van der Waals surface area contributed by atoms with Gasteiger partial charge in [-0.3, -0.25) is 0 Å². The zero-order valence-electron chi connectivity index (χ0n) is 15.7. The molecule has 0 aliphatic heterocycles. The first-order chi connectivity index (χ1) is 12.2. The number of rotatable bonds is 2. The molecular formula is C21H32O5. The minimum absolute atomic E-state index is 0.00157. The van der Waals surface area contributed by atoms with Crippen LogP contribution < -0.4 is 0 Å². The van der Waals surface area contributed by atoms with Crippen molar-refractivity contribution in [2.75, 3.05) is 6.61 Å². The molecule has 3 saturated carbocycles. The van der Waals surface area contributed by atoms with E-state index in [0.717, 1.165) is 19.3 Å². The second-order valence-electron chi connectivity index (χ2n) is 9.55. The van der Waals surface area contributed by atoms with Crippen molar-refractivity contribution >= 4 is 0 Å². The monoisotopic (exact) mass is 364 g/mol. The predicted molar refractivity (Wildman–Crippen MR) is 97.1 cm³/mol. The molecule has 0 unspecified atom stereocenters. The molecule has 5 heteroatoms. The summed E-state index contributed by atoms with van der Waals surface area (Å²) in [5, 5.41) is 52.3. The molecule has 8 atom stereocenters. The molecule has 0 aromatic rings. The summed E-state index contributed by atoms with van der Waals surface area (Å²) >= 11 is 0. The Labute approximate surface area is 155 Å². The molecule has 0 radical (unpaired) electrons. The van der Waals surface area contributed by atoms with E-state index in [0.29, 0.717) is 19.3 Å². The van der Waals surface area contributed by atoms with Crippen LogP contribution in [0.15, 0.2) is 23.3 Å². The van der Waals surface area contributed by atoms with Crippen molar-refractivity contribution in [1.29, 1.82) is 0 Å². The normalized spacial score (nSPS) is 51.7. The second kappa shape index (κ2) is 5.89. The second-order valence-corrected chi connectivity index (χ2v) is 9.55. The van der Waals surface area contributed by atoms with Crippen molar-refractivity contribution in [2.45, 2.75) is 76.3 Å². The largest absolute Gasteiger partial charge is 0.394 e. The van der Waals surface area contributed by atoms with Crippen molar-refractivity contribution in [1.82, 2.24) is 0 Å². The highest BCUT2D eigenvalue weighted by atomic mass is 16.4. The molecule has 0 aromatic heterocycles. The van der Waals surface area contributed by atoms with Crippen LogP contribution in [0.4, 0.5) is 0 Å². The van der Waals surface area contributed by atoms with Crippen LogP contribution in [0.2, 0.25) is 0 Å². The first-order valence-electron chi connectivity index (χ1n) is 9.96. The molecule has 26 heavy (non-hydrogen) atoms. The van der Waals surface area contributed by atoms with Gasteiger partial charge in [-0.25, -0.2) is 0 Å². The Hall–Kier alpha value is -0.720. The Balaban J connectivity index is 1.77. The Morgan fingerprint density at radius 1 is 1.15 bits per heavy atom. The van der Waals surface area contributed by atoms with Crippen LogP contribution >= 0.6 is 0 Å². The van der Waals surface area contributed by atoms with E-state index in [4.69, 9.17) is 0 Å². The van der Waals surface area contributed by atoms with E-state index in [9.17, 15) is 25.5 Å². The van der Waals surface area contributed by atoms with Crippen molar-refractivity contribution in [3.05, 3.63) is 23.3 Å². The highest BCUT2D eigenvalue weighted by Crippen LogP contribution is 2.66. The summed E-state index contributed by atoms with van der Waals surface area (Å²) < 4.78 is 0. The standard InChI is InChI=1S/C21H32O5/c1-19-7-5-13(23)9-12(19)3-4-14-15-6-8-21(26,17(25)11-22)20(15,2)10-16(24)18(14)19/h3-4,13,15-18,22-26H,5-11H2,1-2H3/t13-,15-,16+,17+,18+,19-,20-,21-/m0/s1. The molecule has 0 saturated heterocycles. The lowest BCUT2D eigenvalue weighted by Crippen LogP contribution is -2.60. The summed E-state index contributed by atoms with van der Waals surface area (Å²) in [5.74, 6) is 0.0882. The summed E-state index contributed by atoms with van der Waals surface area (Å²) in [6.07, 6.45) is 5.97. The molecule has 146 valence electrons. The Morgan fingerprint density at radius 3 is 2.58 bits per heavy atom. The minimum Gasteiger partial charge on any atom is -0.394 e. The van der Waals surface area contributed by atoms with Crippen LogP contribution in [0.3, 0.4) is 0 Å². The van der Waals surface area contributed by atoms with Gasteiger partial charge in [0.05, 0.1) is 24.4 Å². The van der Waals surface area contributed by atoms with Gasteiger partial charge < -0.3 is 25.5 Å². The maximum Gasteiger partial charge on any atom is 0.106 e. The number of allylic oxidation sites excluding steroid dienone is 2. The fourth-order valence-electron chi connectivity index (χ4n) is 6.85. The van der Waals surface area contributed by atoms with E-state index in [1.807, 2.05) is 6.92 Å². The van der Waals surface area contributed by atoms with Gasteiger partial charge in [-0.15, -0.1) is 0 Å². The number of aliphatic hydroxyl groups is 5. The van der Waals surface area contributed by atoms with Crippen molar-refractivity contribution in [3.63, 3.8) is 0 Å². The SMILES string of the molecule is C[C@]12CC[C@H](O)CC1=CC=C1[C@@H]2[C@H](O)C[C@@]2(C)[C@H]1CC[C@]2(O)[C@H](O)CO. The first kappa shape index (κ1) is 18.6. The lowest BCUT2D eigenvalue weighted by Gasteiger charge is -2.58. The Kier molecular flexibility index (Phi) is 4.22. The van der Waals surface area contributed by atoms with E-state index in [1.165, 1.54) is 11.1 Å². The average molecular weight is 364 g/mol. The molecule has 3 fully saturated rings. The molecule has 4 rings (SSSR count). The zero-order valence-corrected chi connectivity index (χ0v) is 15.7. The molecule has 0 aromatic carbocycles. The third-order valence-electron chi connectivity index (χ3n) is 8.43. The highest BCUT2D eigenvalue weighted by Gasteiger charge is 2.66. The molecule has 4 aliphatic rings. The van der Waals surface area contributed by atoms with Gasteiger partial charge in [-0.2, -0.15) is 0 Å². The smallest absolute Gasteiger partial charge is 0.106 e. The van der Waals surface area contributed by atoms with Crippen LogP contribution in [0, 0.1) is 22.7 Å². The fourth-order valence-corrected chi connectivity index (χ4v) is 6.85. The number of hydrogen-bond donors (Lipinski definition) is 5. The summed E-state index contributed by atoms with van der Waals surface area (Å²) in [4.78, 5) is 0. The molecule has 0 heterocycles. The average Bonchev–Trinajstić information content (AvgIpc) is 2.86. The lowest BCUT2D eigenvalue weighted by atomic mass is 9.48. The molecule has 0 amide bonds. The van der Waals surface area contributed by atoms with Gasteiger partial charge in [0.1, 0.15) is 6.10 Å². The van der Waals surface area contributed by atoms with Gasteiger partial charge in [-0.1, -0.05) is 37.1 Å². The molecule has 4 aliphatic carbocycles. The molecule has 0 bridgehead atoms. The van der Waals surface area contributed by atoms with Gasteiger partial charge in [0.15, 0.2) is 0 Å². The summed E-state index contributed by atoms with van der Waals surface area (Å²) in [6, 6.07) is 0. The van der Waals surface area contributed by atoms with Crippen LogP contribution in [0.1, 0.15) is 52.4 Å². The van der Waals surface area contributed by atoms with Gasteiger partial charge in [0.2, 0.25) is 0 Å². The Morgan fingerprint density at radius 2 is 1.88 bits per heavy atom. The van der Waals surface area contributed by atoms with Crippen LogP contribution in [-0.2, 0) is 0 Å². The number of fused-ring (bicyclic) bond motifs is 5. The van der Waals surface area contributed by atoms with Gasteiger partial charge in [0, 0.05) is 11.3 Å². The van der Waals surface area contributed by atoms with Crippen LogP contribution in [0.5, 0.6) is 0 Å². The van der Waals surface area contributed by atoms with Gasteiger partial charge >= 0.3 is 0 Å². The van der Waals surface area contributed by atoms with E-state index in [-0.39, 0.29) is 23.4 Å². The molecule has 5 nitrogen and oxygen atoms in total. The Bertz CT molecular complexity index is 657. The lowest BCUT2D eigenvalue weighted by molar-refractivity contribution is -0.179. The molecule has 0 spiro atoms. The van der Waals surface area contributed by atoms with Crippen molar-refractivity contribution in [2.24, 2.45) is 22.7 Å². The van der Waals surface area contributed by atoms with Gasteiger partial charge in [-0.05, 0) is 49.9 Å². The van der Waals surface area contributed by atoms with E-state index < -0.39 is 29.8 Å². The maximum atomic E-state index is 11.3. The highest BCUT2D eigenvalue weighted by molar-refractivity contribution is 5.41. The van der Waals surface area contributed by atoms with Crippen molar-refractivity contribution in [3.8, 4) is 0 Å². The fraction of sp³-hybridized carbons (Fsp3) is 0.810. The van der Waals surface area contributed by atoms with E-state index in [2.05, 4.69) is 19.1 Å². The van der Waals surface area contributed by atoms with Crippen LogP contribution in [0.25, 0.3) is 0 Å². The predicted octanol–water partition coefficient (Wildman–Crippen LogP) is 1.29. The van der Waals surface area contributed by atoms with Crippen molar-refractivity contribution < 1.29 is 25.5 Å². The van der Waals surface area contributed by atoms with Gasteiger partial charge in [0.25, 0.3) is 0 Å². The zero-order chi connectivity index (χ0) is 18.9. The third kappa shape index (κ3) is 2.21. The topological polar surface area (TPSA) is 101 Å². The number of hydrogen-bond acceptors (Lipinski definition) is 5. The summed E-state index contributed by atoms with van der Waals surface area (Å²) in [6.45, 7) is 3.69. The molecular weight excluding hydrogens is 332 g/mol. The summed E-state index contributed by atoms with van der Waals surface area (Å²) in [7, 11) is 0. The number of aliphatic hydroxyl groups excluding tert-OH is 4.